The SMILES string of the molecule is Cc1ccc(C(C(=O)NC2CCCCC2)N(CCO)C(=O)C(CCC(N)=O)NC(=O)OC(C)(C)C)c(C)c1. The second kappa shape index (κ2) is 14.1. The topological polar surface area (TPSA) is 151 Å². The first-order valence-corrected chi connectivity index (χ1v) is 13.4. The van der Waals surface area contributed by atoms with E-state index in [9.17, 15) is 24.3 Å². The van der Waals surface area contributed by atoms with Gasteiger partial charge < -0.3 is 31.1 Å². The van der Waals surface area contributed by atoms with Crippen molar-refractivity contribution in [3.63, 3.8) is 0 Å². The van der Waals surface area contributed by atoms with Crippen molar-refractivity contribution in [2.45, 2.75) is 103 Å². The van der Waals surface area contributed by atoms with E-state index in [1.165, 1.54) is 4.90 Å². The zero-order chi connectivity index (χ0) is 28.5. The number of nitrogens with one attached hydrogen (secondary N) is 2. The largest absolute Gasteiger partial charge is 0.444 e. The smallest absolute Gasteiger partial charge is 0.408 e. The molecule has 10 nitrogen and oxygen atoms in total. The highest BCUT2D eigenvalue weighted by molar-refractivity contribution is 5.92. The molecule has 10 heteroatoms. The number of benzene rings is 1. The Labute approximate surface area is 225 Å². The Hall–Kier alpha value is -3.14. The zero-order valence-corrected chi connectivity index (χ0v) is 23.3. The van der Waals surface area contributed by atoms with Crippen molar-refractivity contribution in [1.29, 1.82) is 0 Å². The number of amides is 4. The number of primary amides is 1. The van der Waals surface area contributed by atoms with Crippen LogP contribution in [0.5, 0.6) is 0 Å². The highest BCUT2D eigenvalue weighted by Crippen LogP contribution is 2.28. The summed E-state index contributed by atoms with van der Waals surface area (Å²) in [6, 6.07) is 3.37. The van der Waals surface area contributed by atoms with Crippen LogP contribution in [0, 0.1) is 13.8 Å². The minimum atomic E-state index is -1.19. The summed E-state index contributed by atoms with van der Waals surface area (Å²) in [5.41, 5.74) is 6.96. The average molecular weight is 533 g/mol. The minimum absolute atomic E-state index is 0.00105. The maximum absolute atomic E-state index is 13.9. The van der Waals surface area contributed by atoms with Crippen LogP contribution >= 0.6 is 0 Å². The van der Waals surface area contributed by atoms with Crippen LogP contribution in [-0.2, 0) is 19.1 Å². The molecule has 2 atom stereocenters. The number of nitrogens with two attached hydrogens (primary N) is 1. The lowest BCUT2D eigenvalue weighted by Gasteiger charge is -2.36. The Bertz CT molecular complexity index is 984. The fourth-order valence-corrected chi connectivity index (χ4v) is 4.78. The predicted octanol–water partition coefficient (Wildman–Crippen LogP) is 2.77. The number of nitrogens with zero attached hydrogens (tertiary/aromatic N) is 1. The van der Waals surface area contributed by atoms with Gasteiger partial charge in [0.15, 0.2) is 0 Å². The van der Waals surface area contributed by atoms with Crippen molar-refractivity contribution in [3.05, 3.63) is 34.9 Å². The molecule has 212 valence electrons. The van der Waals surface area contributed by atoms with Crippen LogP contribution in [0.2, 0.25) is 0 Å². The van der Waals surface area contributed by atoms with E-state index in [1.807, 2.05) is 32.0 Å². The van der Waals surface area contributed by atoms with Crippen molar-refractivity contribution in [2.75, 3.05) is 13.2 Å². The first-order chi connectivity index (χ1) is 17.8. The number of carbonyl (C=O) groups is 4. The molecule has 1 aliphatic rings. The van der Waals surface area contributed by atoms with Gasteiger partial charge in [0.2, 0.25) is 17.7 Å². The first-order valence-electron chi connectivity index (χ1n) is 13.4. The highest BCUT2D eigenvalue weighted by atomic mass is 16.6. The molecule has 0 spiro atoms. The van der Waals surface area contributed by atoms with Crippen LogP contribution in [0.15, 0.2) is 18.2 Å². The summed E-state index contributed by atoms with van der Waals surface area (Å²) in [5, 5.41) is 15.6. The molecule has 0 saturated heterocycles. The van der Waals surface area contributed by atoms with E-state index in [1.54, 1.807) is 20.8 Å². The molecule has 0 aromatic heterocycles. The van der Waals surface area contributed by atoms with Gasteiger partial charge in [-0.1, -0.05) is 43.0 Å². The normalized spacial score (nSPS) is 15.7. The summed E-state index contributed by atoms with van der Waals surface area (Å²) in [6.45, 7) is 8.32. The summed E-state index contributed by atoms with van der Waals surface area (Å²) < 4.78 is 5.32. The van der Waals surface area contributed by atoms with Crippen LogP contribution in [0.1, 0.15) is 88.4 Å². The average Bonchev–Trinajstić information content (AvgIpc) is 2.81. The maximum Gasteiger partial charge on any atom is 0.408 e. The summed E-state index contributed by atoms with van der Waals surface area (Å²) in [4.78, 5) is 53.1. The fourth-order valence-electron chi connectivity index (χ4n) is 4.78. The van der Waals surface area contributed by atoms with Gasteiger partial charge in [-0.15, -0.1) is 0 Å². The molecule has 5 N–H and O–H groups in total. The zero-order valence-electron chi connectivity index (χ0n) is 23.3. The summed E-state index contributed by atoms with van der Waals surface area (Å²) in [5.74, 6) is -1.60. The molecule has 0 bridgehead atoms. The van der Waals surface area contributed by atoms with Crippen LogP contribution in [0.25, 0.3) is 0 Å². The standard InChI is InChI=1S/C28H44N4O6/c1-18-11-12-21(19(2)17-18)24(25(35)30-20-9-7-6-8-10-20)32(15-16-33)26(36)22(13-14-23(29)34)31-27(37)38-28(3,4)5/h11-12,17,20,22,24,33H,6-10,13-16H2,1-5H3,(H2,29,34)(H,30,35)(H,31,37). The number of hydrogen-bond donors (Lipinski definition) is 4. The number of aliphatic hydroxyl groups excluding tert-OH is 1. The van der Waals surface area contributed by atoms with E-state index < -0.39 is 42.2 Å². The molecular weight excluding hydrogens is 488 g/mol. The Kier molecular flexibility index (Phi) is 11.6. The molecule has 38 heavy (non-hydrogen) atoms. The van der Waals surface area contributed by atoms with Gasteiger partial charge in [0.25, 0.3) is 0 Å². The Morgan fingerprint density at radius 1 is 1.13 bits per heavy atom. The van der Waals surface area contributed by atoms with Gasteiger partial charge in [0.05, 0.1) is 6.61 Å². The predicted molar refractivity (Wildman–Crippen MR) is 144 cm³/mol. The highest BCUT2D eigenvalue weighted by Gasteiger charge is 2.37. The molecule has 1 saturated carbocycles. The van der Waals surface area contributed by atoms with Gasteiger partial charge in [0, 0.05) is 19.0 Å². The molecule has 2 unspecified atom stereocenters. The lowest BCUT2D eigenvalue weighted by atomic mass is 9.93. The molecule has 0 aliphatic heterocycles. The number of rotatable bonds is 11. The molecule has 0 heterocycles. The monoisotopic (exact) mass is 532 g/mol. The van der Waals surface area contributed by atoms with Crippen molar-refractivity contribution in [2.24, 2.45) is 5.73 Å². The van der Waals surface area contributed by atoms with E-state index in [4.69, 9.17) is 10.5 Å². The molecule has 1 aliphatic carbocycles. The number of ether oxygens (including phenoxy) is 1. The number of carbonyl (C=O) groups excluding carboxylic acids is 4. The molecule has 1 aromatic rings. The minimum Gasteiger partial charge on any atom is -0.444 e. The van der Waals surface area contributed by atoms with Gasteiger partial charge >= 0.3 is 6.09 Å². The second-order valence-electron chi connectivity index (χ2n) is 11.1. The third-order valence-corrected chi connectivity index (χ3v) is 6.52. The van der Waals surface area contributed by atoms with Gasteiger partial charge in [-0.3, -0.25) is 14.4 Å². The van der Waals surface area contributed by atoms with E-state index in [0.717, 1.165) is 43.2 Å². The van der Waals surface area contributed by atoms with E-state index in [-0.39, 0.29) is 31.3 Å². The number of aryl methyl sites for hydroxylation is 2. The van der Waals surface area contributed by atoms with Gasteiger partial charge in [-0.25, -0.2) is 4.79 Å². The Morgan fingerprint density at radius 2 is 1.79 bits per heavy atom. The van der Waals surface area contributed by atoms with Crippen molar-refractivity contribution < 1.29 is 29.0 Å². The quantitative estimate of drug-likeness (QED) is 0.344. The number of aliphatic hydroxyl groups is 1. The molecule has 4 amide bonds. The molecule has 2 rings (SSSR count). The third kappa shape index (κ3) is 9.63. The summed E-state index contributed by atoms with van der Waals surface area (Å²) in [7, 11) is 0. The molecule has 1 fully saturated rings. The van der Waals surface area contributed by atoms with Gasteiger partial charge in [-0.05, 0) is 65.0 Å². The van der Waals surface area contributed by atoms with Crippen molar-refractivity contribution >= 4 is 23.8 Å². The molecular formula is C28H44N4O6. The first kappa shape index (κ1) is 31.1. The molecule has 1 aromatic carbocycles. The van der Waals surface area contributed by atoms with Gasteiger partial charge in [-0.2, -0.15) is 0 Å². The Balaban J connectivity index is 2.47. The van der Waals surface area contributed by atoms with Crippen molar-refractivity contribution in [3.8, 4) is 0 Å². The lowest BCUT2D eigenvalue weighted by Crippen LogP contribution is -2.54. The fraction of sp³-hybridized carbons (Fsp3) is 0.643. The number of alkyl carbamates (subject to hydrolysis) is 1. The Morgan fingerprint density at radius 3 is 2.34 bits per heavy atom. The van der Waals surface area contributed by atoms with E-state index in [0.29, 0.717) is 5.56 Å². The summed E-state index contributed by atoms with van der Waals surface area (Å²) >= 11 is 0. The molecule has 0 radical (unpaired) electrons. The third-order valence-electron chi connectivity index (χ3n) is 6.52. The number of hydrogen-bond acceptors (Lipinski definition) is 6. The summed E-state index contributed by atoms with van der Waals surface area (Å²) in [6.07, 6.45) is 3.81. The lowest BCUT2D eigenvalue weighted by molar-refractivity contribution is -0.143. The van der Waals surface area contributed by atoms with Crippen LogP contribution in [-0.4, -0.2) is 64.7 Å². The van der Waals surface area contributed by atoms with Gasteiger partial charge in [0.1, 0.15) is 17.7 Å². The van der Waals surface area contributed by atoms with Crippen LogP contribution < -0.4 is 16.4 Å². The van der Waals surface area contributed by atoms with Crippen molar-refractivity contribution in [1.82, 2.24) is 15.5 Å². The van der Waals surface area contributed by atoms with Crippen LogP contribution in [0.3, 0.4) is 0 Å². The van der Waals surface area contributed by atoms with E-state index >= 15 is 0 Å². The second-order valence-corrected chi connectivity index (χ2v) is 11.1. The van der Waals surface area contributed by atoms with Crippen LogP contribution in [0.4, 0.5) is 4.79 Å². The maximum atomic E-state index is 13.9. The van der Waals surface area contributed by atoms with E-state index in [2.05, 4.69) is 10.6 Å².